The van der Waals surface area contributed by atoms with Gasteiger partial charge >= 0.3 is 0 Å². The van der Waals surface area contributed by atoms with Crippen LogP contribution < -0.4 is 20.1 Å². The van der Waals surface area contributed by atoms with Crippen LogP contribution in [0.1, 0.15) is 17.4 Å². The Hall–Kier alpha value is -3.48. The van der Waals surface area contributed by atoms with Gasteiger partial charge in [0.1, 0.15) is 25.0 Å². The van der Waals surface area contributed by atoms with E-state index < -0.39 is 6.04 Å². The summed E-state index contributed by atoms with van der Waals surface area (Å²) in [7, 11) is 0. The van der Waals surface area contributed by atoms with Crippen LogP contribution in [0.4, 0.5) is 11.5 Å². The van der Waals surface area contributed by atoms with Gasteiger partial charge in [-0.1, -0.05) is 35.5 Å². The molecule has 1 atom stereocenters. The van der Waals surface area contributed by atoms with Gasteiger partial charge in [-0.05, 0) is 24.6 Å². The molecule has 1 unspecified atom stereocenters. The third kappa shape index (κ3) is 3.87. The molecule has 2 N–H and O–H groups in total. The zero-order chi connectivity index (χ0) is 18.6. The number of rotatable bonds is 5. The van der Waals surface area contributed by atoms with E-state index in [1.54, 1.807) is 13.0 Å². The third-order valence-corrected chi connectivity index (χ3v) is 4.13. The average Bonchev–Trinajstić information content (AvgIpc) is 3.11. The SMILES string of the molecule is Cc1cc(NC(=O)C(Nc2ccc3c(c2)OCCO3)c2ccccc2)no1. The quantitative estimate of drug-likeness (QED) is 0.719. The molecule has 0 saturated carbocycles. The van der Waals surface area contributed by atoms with Crippen LogP contribution in [0.5, 0.6) is 11.5 Å². The predicted molar refractivity (Wildman–Crippen MR) is 100 cm³/mol. The number of aromatic nitrogens is 1. The first-order chi connectivity index (χ1) is 13.2. The number of hydrogen-bond acceptors (Lipinski definition) is 6. The highest BCUT2D eigenvalue weighted by atomic mass is 16.6. The molecule has 27 heavy (non-hydrogen) atoms. The normalized spacial score (nSPS) is 13.7. The molecule has 1 aliphatic heterocycles. The maximum atomic E-state index is 12.9. The molecule has 3 aromatic rings. The molecular weight excluding hydrogens is 346 g/mol. The van der Waals surface area contributed by atoms with Crippen LogP contribution in [-0.2, 0) is 4.79 Å². The fourth-order valence-electron chi connectivity index (χ4n) is 2.87. The Morgan fingerprint density at radius 3 is 2.56 bits per heavy atom. The molecule has 7 heteroatoms. The van der Waals surface area contributed by atoms with Gasteiger partial charge in [0.15, 0.2) is 17.3 Å². The summed E-state index contributed by atoms with van der Waals surface area (Å²) in [6, 6.07) is 16.0. The molecule has 2 aromatic carbocycles. The van der Waals surface area contributed by atoms with Crippen molar-refractivity contribution >= 4 is 17.4 Å². The summed E-state index contributed by atoms with van der Waals surface area (Å²) in [5, 5.41) is 9.87. The molecule has 138 valence electrons. The maximum absolute atomic E-state index is 12.9. The van der Waals surface area contributed by atoms with Crippen molar-refractivity contribution in [1.29, 1.82) is 0 Å². The number of aryl methyl sites for hydroxylation is 1. The first-order valence-corrected chi connectivity index (χ1v) is 8.64. The number of nitrogens with zero attached hydrogens (tertiary/aromatic N) is 1. The molecule has 1 aromatic heterocycles. The van der Waals surface area contributed by atoms with Crippen LogP contribution in [0.2, 0.25) is 0 Å². The second-order valence-electron chi connectivity index (χ2n) is 6.16. The van der Waals surface area contributed by atoms with Crippen molar-refractivity contribution in [3.05, 3.63) is 65.9 Å². The van der Waals surface area contributed by atoms with E-state index >= 15 is 0 Å². The number of amides is 1. The van der Waals surface area contributed by atoms with Crippen molar-refractivity contribution in [2.45, 2.75) is 13.0 Å². The Bertz CT molecular complexity index is 939. The minimum absolute atomic E-state index is 0.246. The zero-order valence-corrected chi connectivity index (χ0v) is 14.8. The summed E-state index contributed by atoms with van der Waals surface area (Å²) in [4.78, 5) is 12.9. The lowest BCUT2D eigenvalue weighted by Crippen LogP contribution is -2.27. The van der Waals surface area contributed by atoms with Crippen molar-refractivity contribution in [1.82, 2.24) is 5.16 Å². The van der Waals surface area contributed by atoms with Crippen LogP contribution in [0.3, 0.4) is 0 Å². The van der Waals surface area contributed by atoms with Gasteiger partial charge in [0.25, 0.3) is 5.91 Å². The summed E-state index contributed by atoms with van der Waals surface area (Å²) in [5.74, 6) is 2.12. The number of ether oxygens (including phenoxy) is 2. The lowest BCUT2D eigenvalue weighted by Gasteiger charge is -2.22. The highest BCUT2D eigenvalue weighted by Crippen LogP contribution is 2.34. The van der Waals surface area contributed by atoms with E-state index in [0.29, 0.717) is 36.3 Å². The Kier molecular flexibility index (Phi) is 4.65. The molecule has 0 saturated heterocycles. The molecule has 4 rings (SSSR count). The molecule has 0 spiro atoms. The zero-order valence-electron chi connectivity index (χ0n) is 14.8. The van der Waals surface area contributed by atoms with Gasteiger partial charge < -0.3 is 24.6 Å². The summed E-state index contributed by atoms with van der Waals surface area (Å²) in [6.45, 7) is 2.81. The summed E-state index contributed by atoms with van der Waals surface area (Å²) < 4.78 is 16.2. The van der Waals surface area contributed by atoms with Gasteiger partial charge in [-0.2, -0.15) is 0 Å². The smallest absolute Gasteiger partial charge is 0.252 e. The number of carbonyl (C=O) groups excluding carboxylic acids is 1. The first-order valence-electron chi connectivity index (χ1n) is 8.64. The van der Waals surface area contributed by atoms with Crippen LogP contribution in [0.15, 0.2) is 59.1 Å². The fourth-order valence-corrected chi connectivity index (χ4v) is 2.87. The minimum atomic E-state index is -0.620. The Labute approximate surface area is 156 Å². The van der Waals surface area contributed by atoms with Crippen LogP contribution >= 0.6 is 0 Å². The predicted octanol–water partition coefficient (Wildman–Crippen LogP) is 3.55. The molecule has 1 amide bonds. The van der Waals surface area contributed by atoms with Crippen molar-refractivity contribution in [2.75, 3.05) is 23.8 Å². The molecular formula is C20H19N3O4. The van der Waals surface area contributed by atoms with Crippen molar-refractivity contribution in [2.24, 2.45) is 0 Å². The first kappa shape index (κ1) is 17.0. The van der Waals surface area contributed by atoms with Crippen LogP contribution in [0.25, 0.3) is 0 Å². The van der Waals surface area contributed by atoms with Gasteiger partial charge in [-0.25, -0.2) is 0 Å². The molecule has 0 bridgehead atoms. The Morgan fingerprint density at radius 1 is 1.04 bits per heavy atom. The fraction of sp³-hybridized carbons (Fsp3) is 0.200. The third-order valence-electron chi connectivity index (χ3n) is 4.13. The van der Waals surface area contributed by atoms with Crippen molar-refractivity contribution in [3.8, 4) is 11.5 Å². The van der Waals surface area contributed by atoms with Crippen molar-refractivity contribution in [3.63, 3.8) is 0 Å². The van der Waals surface area contributed by atoms with Gasteiger partial charge in [-0.3, -0.25) is 4.79 Å². The monoisotopic (exact) mass is 365 g/mol. The van der Waals surface area contributed by atoms with Crippen LogP contribution in [-0.4, -0.2) is 24.3 Å². The average molecular weight is 365 g/mol. The number of anilines is 2. The van der Waals surface area contributed by atoms with Gasteiger partial charge in [0, 0.05) is 17.8 Å². The molecule has 0 aliphatic carbocycles. The number of carbonyl (C=O) groups is 1. The number of benzene rings is 2. The van der Waals surface area contributed by atoms with E-state index in [2.05, 4.69) is 15.8 Å². The highest BCUT2D eigenvalue weighted by molar-refractivity contribution is 5.96. The molecule has 1 aliphatic rings. The number of fused-ring (bicyclic) bond motifs is 1. The van der Waals surface area contributed by atoms with Crippen LogP contribution in [0, 0.1) is 6.92 Å². The molecule has 0 fully saturated rings. The second kappa shape index (κ2) is 7.41. The van der Waals surface area contributed by atoms with Gasteiger partial charge in [0.05, 0.1) is 0 Å². The Morgan fingerprint density at radius 2 is 1.81 bits per heavy atom. The summed E-state index contributed by atoms with van der Waals surface area (Å²) in [6.07, 6.45) is 0. The van der Waals surface area contributed by atoms with E-state index in [9.17, 15) is 4.79 Å². The number of hydrogen-bond donors (Lipinski definition) is 2. The van der Waals surface area contributed by atoms with E-state index in [1.165, 1.54) is 0 Å². The second-order valence-corrected chi connectivity index (χ2v) is 6.16. The van der Waals surface area contributed by atoms with E-state index in [4.69, 9.17) is 14.0 Å². The van der Waals surface area contributed by atoms with Gasteiger partial charge in [-0.15, -0.1) is 0 Å². The highest BCUT2D eigenvalue weighted by Gasteiger charge is 2.22. The largest absolute Gasteiger partial charge is 0.486 e. The number of nitrogens with one attached hydrogen (secondary N) is 2. The summed E-state index contributed by atoms with van der Waals surface area (Å²) in [5.41, 5.74) is 1.57. The minimum Gasteiger partial charge on any atom is -0.486 e. The lowest BCUT2D eigenvalue weighted by atomic mass is 10.1. The van der Waals surface area contributed by atoms with E-state index in [1.807, 2.05) is 48.5 Å². The van der Waals surface area contributed by atoms with E-state index in [-0.39, 0.29) is 5.91 Å². The molecule has 7 nitrogen and oxygen atoms in total. The Balaban J connectivity index is 1.59. The summed E-state index contributed by atoms with van der Waals surface area (Å²) >= 11 is 0. The molecule has 2 heterocycles. The topological polar surface area (TPSA) is 85.6 Å². The standard InChI is InChI=1S/C20H19N3O4/c1-13-11-18(23-27-13)22-20(24)19(14-5-3-2-4-6-14)21-15-7-8-16-17(12-15)26-10-9-25-16/h2-8,11-12,19,21H,9-10H2,1H3,(H,22,23,24). The van der Waals surface area contributed by atoms with Gasteiger partial charge in [0.2, 0.25) is 0 Å². The lowest BCUT2D eigenvalue weighted by molar-refractivity contribution is -0.117. The molecule has 0 radical (unpaired) electrons. The van der Waals surface area contributed by atoms with E-state index in [0.717, 1.165) is 11.3 Å². The van der Waals surface area contributed by atoms with Crippen molar-refractivity contribution < 1.29 is 18.8 Å². The maximum Gasteiger partial charge on any atom is 0.252 e.